The third-order valence-corrected chi connectivity index (χ3v) is 4.24. The van der Waals surface area contributed by atoms with E-state index in [2.05, 4.69) is 43.0 Å². The molecule has 1 unspecified atom stereocenters. The number of thioether (sulfide) groups is 1. The van der Waals surface area contributed by atoms with Gasteiger partial charge < -0.3 is 14.6 Å². The molecule has 0 aromatic carbocycles. The van der Waals surface area contributed by atoms with E-state index in [1.54, 1.807) is 6.26 Å². The summed E-state index contributed by atoms with van der Waals surface area (Å²) in [7, 11) is 2.07. The minimum atomic E-state index is 0.104. The first kappa shape index (κ1) is 13.7. The zero-order chi connectivity index (χ0) is 13.2. The van der Waals surface area contributed by atoms with Crippen molar-refractivity contribution in [1.29, 1.82) is 0 Å². The molecule has 1 atom stereocenters. The highest BCUT2D eigenvalue weighted by Gasteiger charge is 2.23. The van der Waals surface area contributed by atoms with Crippen LogP contribution >= 0.6 is 11.8 Å². The van der Waals surface area contributed by atoms with Crippen molar-refractivity contribution in [2.75, 3.05) is 23.5 Å². The summed E-state index contributed by atoms with van der Waals surface area (Å²) in [4.78, 5) is 6.71. The summed E-state index contributed by atoms with van der Waals surface area (Å²) in [6, 6.07) is 1.31. The van der Waals surface area contributed by atoms with Crippen molar-refractivity contribution < 1.29 is 4.42 Å². The topological polar surface area (TPSA) is 41.3 Å². The van der Waals surface area contributed by atoms with Crippen LogP contribution in [0.1, 0.15) is 32.9 Å². The van der Waals surface area contributed by atoms with Crippen molar-refractivity contribution in [2.45, 2.75) is 45.3 Å². The van der Waals surface area contributed by atoms with Gasteiger partial charge in [-0.3, -0.25) is 0 Å². The van der Waals surface area contributed by atoms with Crippen molar-refractivity contribution in [2.24, 2.45) is 0 Å². The van der Waals surface area contributed by atoms with Gasteiger partial charge in [-0.25, -0.2) is 0 Å². The molecule has 1 aliphatic heterocycles. The Morgan fingerprint density at radius 3 is 2.94 bits per heavy atom. The van der Waals surface area contributed by atoms with Crippen LogP contribution in [0.4, 0.5) is 6.01 Å². The maximum Gasteiger partial charge on any atom is 0.297 e. The van der Waals surface area contributed by atoms with E-state index in [1.165, 1.54) is 17.9 Å². The van der Waals surface area contributed by atoms with Gasteiger partial charge in [0.25, 0.3) is 6.01 Å². The lowest BCUT2D eigenvalue weighted by atomic mass is 10.1. The molecule has 1 fully saturated rings. The molecule has 0 bridgehead atoms. The van der Waals surface area contributed by atoms with Crippen molar-refractivity contribution in [3.8, 4) is 0 Å². The fraction of sp³-hybridized carbons (Fsp3) is 0.769. The smallest absolute Gasteiger partial charge is 0.297 e. The summed E-state index contributed by atoms with van der Waals surface area (Å²) in [5, 5.41) is 3.41. The molecule has 1 N–H and O–H groups in total. The Morgan fingerprint density at radius 2 is 2.33 bits per heavy atom. The van der Waals surface area contributed by atoms with E-state index in [4.69, 9.17) is 4.42 Å². The largest absolute Gasteiger partial charge is 0.432 e. The molecule has 0 radical (unpaired) electrons. The lowest BCUT2D eigenvalue weighted by Crippen LogP contribution is -2.35. The van der Waals surface area contributed by atoms with Gasteiger partial charge in [0.2, 0.25) is 0 Å². The number of nitrogens with one attached hydrogen (secondary N) is 1. The highest BCUT2D eigenvalue weighted by atomic mass is 32.2. The van der Waals surface area contributed by atoms with E-state index in [0.29, 0.717) is 6.04 Å². The molecule has 5 heteroatoms. The Bertz CT molecular complexity index is 380. The van der Waals surface area contributed by atoms with Crippen molar-refractivity contribution in [3.63, 3.8) is 0 Å². The highest BCUT2D eigenvalue weighted by Crippen LogP contribution is 2.25. The first-order valence-electron chi connectivity index (χ1n) is 6.46. The van der Waals surface area contributed by atoms with Gasteiger partial charge in [0.05, 0.1) is 5.69 Å². The number of oxazole rings is 1. The second-order valence-corrected chi connectivity index (χ2v) is 7.00. The Balaban J connectivity index is 1.92. The minimum Gasteiger partial charge on any atom is -0.432 e. The van der Waals surface area contributed by atoms with Crippen LogP contribution < -0.4 is 10.2 Å². The zero-order valence-corrected chi connectivity index (χ0v) is 12.5. The van der Waals surface area contributed by atoms with Crippen LogP contribution in [0.3, 0.4) is 0 Å². The van der Waals surface area contributed by atoms with Crippen LogP contribution in [0.2, 0.25) is 0 Å². The number of nitrogens with zero attached hydrogens (tertiary/aromatic N) is 2. The van der Waals surface area contributed by atoms with E-state index in [0.717, 1.165) is 18.3 Å². The van der Waals surface area contributed by atoms with Gasteiger partial charge in [-0.15, -0.1) is 0 Å². The Hall–Kier alpha value is -0.680. The molecule has 4 nitrogen and oxygen atoms in total. The minimum absolute atomic E-state index is 0.104. The van der Waals surface area contributed by atoms with Crippen molar-refractivity contribution in [3.05, 3.63) is 12.0 Å². The summed E-state index contributed by atoms with van der Waals surface area (Å²) < 4.78 is 5.57. The average Bonchev–Trinajstić information content (AvgIpc) is 2.96. The van der Waals surface area contributed by atoms with E-state index >= 15 is 0 Å². The van der Waals surface area contributed by atoms with Crippen molar-refractivity contribution in [1.82, 2.24) is 10.3 Å². The third kappa shape index (κ3) is 3.65. The standard InChI is InChI=1S/C13H23N3OS/c1-13(2,3)14-7-10-8-17-12(15-10)16(4)11-5-6-18-9-11/h8,11,14H,5-7,9H2,1-4H3. The second-order valence-electron chi connectivity index (χ2n) is 5.85. The van der Waals surface area contributed by atoms with Crippen LogP contribution in [0.5, 0.6) is 0 Å². The first-order chi connectivity index (χ1) is 8.46. The summed E-state index contributed by atoms with van der Waals surface area (Å²) in [5.74, 6) is 2.42. The molecule has 102 valence electrons. The zero-order valence-electron chi connectivity index (χ0n) is 11.7. The maximum absolute atomic E-state index is 5.57. The Kier molecular flexibility index (Phi) is 4.22. The number of rotatable bonds is 4. The molecule has 2 heterocycles. The number of anilines is 1. The molecule has 1 aliphatic rings. The van der Waals surface area contributed by atoms with E-state index in [-0.39, 0.29) is 5.54 Å². The van der Waals surface area contributed by atoms with Gasteiger partial charge >= 0.3 is 0 Å². The maximum atomic E-state index is 5.57. The number of hydrogen-bond donors (Lipinski definition) is 1. The lowest BCUT2D eigenvalue weighted by Gasteiger charge is -2.21. The van der Waals surface area contributed by atoms with Crippen LogP contribution in [0.25, 0.3) is 0 Å². The quantitative estimate of drug-likeness (QED) is 0.909. The van der Waals surface area contributed by atoms with Crippen LogP contribution in [-0.2, 0) is 6.54 Å². The van der Waals surface area contributed by atoms with Gasteiger partial charge in [0.1, 0.15) is 6.26 Å². The molecule has 0 spiro atoms. The van der Waals surface area contributed by atoms with Gasteiger partial charge in [-0.1, -0.05) is 0 Å². The predicted molar refractivity (Wildman–Crippen MR) is 77.2 cm³/mol. The molecule has 0 saturated carbocycles. The van der Waals surface area contributed by atoms with E-state index < -0.39 is 0 Å². The van der Waals surface area contributed by atoms with E-state index in [1.807, 2.05) is 11.8 Å². The first-order valence-corrected chi connectivity index (χ1v) is 7.61. The van der Waals surface area contributed by atoms with Gasteiger partial charge in [0, 0.05) is 30.9 Å². The summed E-state index contributed by atoms with van der Waals surface area (Å²) >= 11 is 2.00. The fourth-order valence-electron chi connectivity index (χ4n) is 1.88. The molecule has 1 saturated heterocycles. The van der Waals surface area contributed by atoms with Gasteiger partial charge in [-0.05, 0) is 32.9 Å². The average molecular weight is 269 g/mol. The molecular formula is C13H23N3OS. The molecule has 2 rings (SSSR count). The van der Waals surface area contributed by atoms with Crippen molar-refractivity contribution >= 4 is 17.8 Å². The fourth-order valence-corrected chi connectivity index (χ4v) is 3.15. The number of aromatic nitrogens is 1. The molecule has 18 heavy (non-hydrogen) atoms. The monoisotopic (exact) mass is 269 g/mol. The molecule has 0 amide bonds. The number of hydrogen-bond acceptors (Lipinski definition) is 5. The van der Waals surface area contributed by atoms with Crippen LogP contribution in [-0.4, -0.2) is 35.1 Å². The van der Waals surface area contributed by atoms with E-state index in [9.17, 15) is 0 Å². The summed E-state index contributed by atoms with van der Waals surface area (Å²) in [5.41, 5.74) is 1.07. The normalized spacial score (nSPS) is 20.3. The van der Waals surface area contributed by atoms with Gasteiger partial charge in [0.15, 0.2) is 0 Å². The van der Waals surface area contributed by atoms with Crippen LogP contribution in [0, 0.1) is 0 Å². The SMILES string of the molecule is CN(c1nc(CNC(C)(C)C)co1)C1CCSC1. The summed E-state index contributed by atoms with van der Waals surface area (Å²) in [6.45, 7) is 7.20. The Morgan fingerprint density at radius 1 is 1.56 bits per heavy atom. The molecule has 1 aromatic heterocycles. The summed E-state index contributed by atoms with van der Waals surface area (Å²) in [6.07, 6.45) is 2.98. The second kappa shape index (κ2) is 5.53. The molecule has 0 aliphatic carbocycles. The van der Waals surface area contributed by atoms with Crippen LogP contribution in [0.15, 0.2) is 10.7 Å². The molecular weight excluding hydrogens is 246 g/mol. The third-order valence-electron chi connectivity index (χ3n) is 3.09. The lowest BCUT2D eigenvalue weighted by molar-refractivity contribution is 0.421. The Labute approximate surface area is 114 Å². The molecule has 1 aromatic rings. The highest BCUT2D eigenvalue weighted by molar-refractivity contribution is 7.99. The predicted octanol–water partition coefficient (Wildman–Crippen LogP) is 2.50. The van der Waals surface area contributed by atoms with Gasteiger partial charge in [-0.2, -0.15) is 16.7 Å².